The Balaban J connectivity index is 2.10. The Morgan fingerprint density at radius 3 is 2.67 bits per heavy atom. The van der Waals surface area contributed by atoms with Gasteiger partial charge in [-0.25, -0.2) is 13.6 Å². The Labute approximate surface area is 119 Å². The van der Waals surface area contributed by atoms with Crippen molar-refractivity contribution in [3.8, 4) is 0 Å². The van der Waals surface area contributed by atoms with Crippen LogP contribution in [0.1, 0.15) is 15.9 Å². The van der Waals surface area contributed by atoms with E-state index in [1.54, 1.807) is 11.0 Å². The topological polar surface area (TPSA) is 66.6 Å². The zero-order valence-corrected chi connectivity index (χ0v) is 10.9. The molecule has 0 atom stereocenters. The number of nitrogen functional groups attached to an aromatic ring is 1. The first-order valence-electron chi connectivity index (χ1n) is 6.35. The number of aromatic carboxylic acids is 1. The van der Waals surface area contributed by atoms with Crippen LogP contribution in [0.5, 0.6) is 0 Å². The van der Waals surface area contributed by atoms with Crippen molar-refractivity contribution in [3.63, 3.8) is 0 Å². The molecule has 0 spiro atoms. The van der Waals surface area contributed by atoms with Gasteiger partial charge in [-0.3, -0.25) is 0 Å². The molecule has 3 N–H and O–H groups in total. The molecule has 1 aliphatic heterocycles. The van der Waals surface area contributed by atoms with Crippen LogP contribution in [-0.2, 0) is 6.42 Å². The fraction of sp³-hybridized carbons (Fsp3) is 0.133. The third kappa shape index (κ3) is 2.18. The van der Waals surface area contributed by atoms with E-state index < -0.39 is 17.3 Å². The Morgan fingerprint density at radius 2 is 1.95 bits per heavy atom. The van der Waals surface area contributed by atoms with Gasteiger partial charge in [-0.15, -0.1) is 0 Å². The summed E-state index contributed by atoms with van der Waals surface area (Å²) in [6.07, 6.45) is 0.692. The van der Waals surface area contributed by atoms with Crippen molar-refractivity contribution < 1.29 is 18.7 Å². The van der Waals surface area contributed by atoms with Crippen molar-refractivity contribution in [2.45, 2.75) is 6.42 Å². The van der Waals surface area contributed by atoms with Crippen LogP contribution in [0.25, 0.3) is 0 Å². The van der Waals surface area contributed by atoms with E-state index in [0.29, 0.717) is 24.3 Å². The first-order valence-corrected chi connectivity index (χ1v) is 6.35. The average Bonchev–Trinajstić information content (AvgIpc) is 2.83. The minimum atomic E-state index is -1.38. The number of anilines is 3. The van der Waals surface area contributed by atoms with Crippen molar-refractivity contribution in [2.24, 2.45) is 0 Å². The van der Waals surface area contributed by atoms with Crippen molar-refractivity contribution >= 4 is 23.0 Å². The van der Waals surface area contributed by atoms with Gasteiger partial charge in [0.15, 0.2) is 0 Å². The highest BCUT2D eigenvalue weighted by atomic mass is 19.1. The van der Waals surface area contributed by atoms with E-state index in [2.05, 4.69) is 0 Å². The number of hydrogen-bond acceptors (Lipinski definition) is 3. The number of carboxylic acids is 1. The molecule has 21 heavy (non-hydrogen) atoms. The molecule has 0 saturated carbocycles. The standard InChI is InChI=1S/C15H12F2N2O2/c16-9-2-1-8-3-4-19(13(8)5-9)14-7-11(17)10(15(20)21)6-12(14)18/h1-2,5-7H,3-4,18H2,(H,20,21). The average molecular weight is 290 g/mol. The molecule has 0 bridgehead atoms. The maximum absolute atomic E-state index is 13.9. The molecule has 1 aliphatic rings. The highest BCUT2D eigenvalue weighted by Crippen LogP contribution is 2.38. The number of benzene rings is 2. The highest BCUT2D eigenvalue weighted by Gasteiger charge is 2.24. The predicted octanol–water partition coefficient (Wildman–Crippen LogP) is 2.94. The van der Waals surface area contributed by atoms with Crippen LogP contribution >= 0.6 is 0 Å². The fourth-order valence-electron chi connectivity index (χ4n) is 2.58. The van der Waals surface area contributed by atoms with Gasteiger partial charge in [0.25, 0.3) is 0 Å². The minimum absolute atomic E-state index is 0.144. The summed E-state index contributed by atoms with van der Waals surface area (Å²) < 4.78 is 27.2. The summed E-state index contributed by atoms with van der Waals surface area (Å²) >= 11 is 0. The van der Waals surface area contributed by atoms with Gasteiger partial charge in [-0.05, 0) is 30.2 Å². The normalized spacial score (nSPS) is 13.3. The second-order valence-electron chi connectivity index (χ2n) is 4.87. The number of fused-ring (bicyclic) bond motifs is 1. The Morgan fingerprint density at radius 1 is 1.19 bits per heavy atom. The van der Waals surface area contributed by atoms with Crippen LogP contribution in [0.3, 0.4) is 0 Å². The van der Waals surface area contributed by atoms with Crippen molar-refractivity contribution in [1.29, 1.82) is 0 Å². The van der Waals surface area contributed by atoms with Gasteiger partial charge >= 0.3 is 5.97 Å². The predicted molar refractivity (Wildman–Crippen MR) is 74.9 cm³/mol. The quantitative estimate of drug-likeness (QED) is 0.835. The van der Waals surface area contributed by atoms with E-state index in [1.165, 1.54) is 12.1 Å². The molecule has 2 aromatic carbocycles. The van der Waals surface area contributed by atoms with Crippen molar-refractivity contribution in [2.75, 3.05) is 17.2 Å². The van der Waals surface area contributed by atoms with Crippen LogP contribution in [0.2, 0.25) is 0 Å². The van der Waals surface area contributed by atoms with E-state index in [1.807, 2.05) is 0 Å². The van der Waals surface area contributed by atoms with Gasteiger partial charge in [0.1, 0.15) is 11.6 Å². The first kappa shape index (κ1) is 13.4. The lowest BCUT2D eigenvalue weighted by Gasteiger charge is -2.22. The second-order valence-corrected chi connectivity index (χ2v) is 4.87. The summed E-state index contributed by atoms with van der Waals surface area (Å²) in [5, 5.41) is 8.88. The molecule has 0 saturated heterocycles. The van der Waals surface area contributed by atoms with Crippen LogP contribution in [0.4, 0.5) is 25.8 Å². The van der Waals surface area contributed by atoms with Gasteiger partial charge in [0.05, 0.1) is 16.9 Å². The lowest BCUT2D eigenvalue weighted by molar-refractivity contribution is 0.0692. The second kappa shape index (κ2) is 4.73. The molecule has 0 fully saturated rings. The van der Waals surface area contributed by atoms with Crippen molar-refractivity contribution in [1.82, 2.24) is 0 Å². The van der Waals surface area contributed by atoms with Crippen LogP contribution < -0.4 is 10.6 Å². The Hall–Kier alpha value is -2.63. The molecule has 3 rings (SSSR count). The van der Waals surface area contributed by atoms with Gasteiger partial charge in [-0.2, -0.15) is 0 Å². The van der Waals surface area contributed by atoms with E-state index in [4.69, 9.17) is 10.8 Å². The lowest BCUT2D eigenvalue weighted by Crippen LogP contribution is -2.16. The summed E-state index contributed by atoms with van der Waals surface area (Å²) in [4.78, 5) is 12.6. The van der Waals surface area contributed by atoms with Gasteiger partial charge in [0.2, 0.25) is 0 Å². The largest absolute Gasteiger partial charge is 0.478 e. The third-order valence-corrected chi connectivity index (χ3v) is 3.58. The molecular formula is C15H12F2N2O2. The van der Waals surface area contributed by atoms with E-state index in [0.717, 1.165) is 17.7 Å². The van der Waals surface area contributed by atoms with E-state index >= 15 is 0 Å². The van der Waals surface area contributed by atoms with E-state index in [9.17, 15) is 13.6 Å². The molecule has 4 nitrogen and oxygen atoms in total. The summed E-state index contributed by atoms with van der Waals surface area (Å²) in [5.41, 5.74) is 7.43. The fourth-order valence-corrected chi connectivity index (χ4v) is 2.58. The number of halogens is 2. The molecular weight excluding hydrogens is 278 g/mol. The molecule has 6 heteroatoms. The number of nitrogens with zero attached hydrogens (tertiary/aromatic N) is 1. The number of hydrogen-bond donors (Lipinski definition) is 2. The molecule has 0 unspecified atom stereocenters. The molecule has 1 heterocycles. The first-order chi connectivity index (χ1) is 9.97. The third-order valence-electron chi connectivity index (χ3n) is 3.58. The summed E-state index contributed by atoms with van der Waals surface area (Å²) in [6, 6.07) is 6.59. The number of carbonyl (C=O) groups is 1. The zero-order chi connectivity index (χ0) is 15.1. The minimum Gasteiger partial charge on any atom is -0.478 e. The Kier molecular flexibility index (Phi) is 3.01. The van der Waals surface area contributed by atoms with Gasteiger partial charge in [-0.1, -0.05) is 6.07 Å². The van der Waals surface area contributed by atoms with Crippen molar-refractivity contribution in [3.05, 3.63) is 53.1 Å². The number of rotatable bonds is 2. The molecule has 0 aliphatic carbocycles. The van der Waals surface area contributed by atoms with Crippen LogP contribution in [0, 0.1) is 11.6 Å². The van der Waals surface area contributed by atoms with Gasteiger partial charge in [0, 0.05) is 18.3 Å². The smallest absolute Gasteiger partial charge is 0.338 e. The molecule has 2 aromatic rings. The monoisotopic (exact) mass is 290 g/mol. The number of carboxylic acid groups (broad SMARTS) is 1. The van der Waals surface area contributed by atoms with Crippen LogP contribution in [0.15, 0.2) is 30.3 Å². The molecule has 108 valence electrons. The lowest BCUT2D eigenvalue weighted by atomic mass is 10.1. The van der Waals surface area contributed by atoms with Gasteiger partial charge < -0.3 is 15.7 Å². The SMILES string of the molecule is Nc1cc(C(=O)O)c(F)cc1N1CCc2ccc(F)cc21. The van der Waals surface area contributed by atoms with Crippen LogP contribution in [-0.4, -0.2) is 17.6 Å². The molecule has 0 amide bonds. The maximum atomic E-state index is 13.9. The Bertz CT molecular complexity index is 747. The molecule has 0 radical (unpaired) electrons. The number of nitrogens with two attached hydrogens (primary N) is 1. The highest BCUT2D eigenvalue weighted by molar-refractivity contribution is 5.91. The zero-order valence-electron chi connectivity index (χ0n) is 10.9. The summed E-state index contributed by atoms with van der Waals surface area (Å²) in [7, 11) is 0. The summed E-state index contributed by atoms with van der Waals surface area (Å²) in [6.45, 7) is 0.537. The summed E-state index contributed by atoms with van der Waals surface area (Å²) in [5.74, 6) is -2.63. The molecule has 0 aromatic heterocycles. The maximum Gasteiger partial charge on any atom is 0.338 e. The van der Waals surface area contributed by atoms with E-state index in [-0.39, 0.29) is 11.5 Å².